The van der Waals surface area contributed by atoms with E-state index < -0.39 is 0 Å². The summed E-state index contributed by atoms with van der Waals surface area (Å²) in [5, 5.41) is 3.54. The third-order valence-corrected chi connectivity index (χ3v) is 4.92. The largest absolute Gasteiger partial charge is 0.385 e. The minimum absolute atomic E-state index is 0.551. The molecule has 0 bridgehead atoms. The molecule has 0 radical (unpaired) electrons. The second kappa shape index (κ2) is 6.48. The van der Waals surface area contributed by atoms with Gasteiger partial charge in [0.25, 0.3) is 0 Å². The van der Waals surface area contributed by atoms with Crippen molar-refractivity contribution < 1.29 is 0 Å². The Morgan fingerprint density at radius 2 is 2.22 bits per heavy atom. The molecule has 2 rings (SSSR count). The van der Waals surface area contributed by atoms with E-state index in [9.17, 15) is 0 Å². The van der Waals surface area contributed by atoms with Crippen LogP contribution in [0.5, 0.6) is 0 Å². The lowest BCUT2D eigenvalue weighted by molar-refractivity contribution is 0.413. The van der Waals surface area contributed by atoms with Crippen LogP contribution in [-0.4, -0.2) is 18.8 Å². The summed E-state index contributed by atoms with van der Waals surface area (Å²) in [5.74, 6) is 2.45. The van der Waals surface area contributed by atoms with Gasteiger partial charge in [0.15, 0.2) is 0 Å². The fraction of sp³-hybridized carbons (Fsp3) is 0.600. The Morgan fingerprint density at radius 3 is 2.94 bits per heavy atom. The monoisotopic (exact) mass is 264 g/mol. The normalized spacial score (nSPS) is 16.4. The molecule has 0 aromatic heterocycles. The van der Waals surface area contributed by atoms with Crippen LogP contribution < -0.4 is 11.1 Å². The maximum atomic E-state index is 5.81. The van der Waals surface area contributed by atoms with Gasteiger partial charge in [0.2, 0.25) is 0 Å². The molecule has 1 unspecified atom stereocenters. The molecule has 1 aromatic carbocycles. The van der Waals surface area contributed by atoms with E-state index in [1.165, 1.54) is 34.7 Å². The van der Waals surface area contributed by atoms with Gasteiger partial charge in [0, 0.05) is 17.1 Å². The predicted molar refractivity (Wildman–Crippen MR) is 81.4 cm³/mol. The van der Waals surface area contributed by atoms with Gasteiger partial charge in [0.05, 0.1) is 0 Å². The zero-order valence-electron chi connectivity index (χ0n) is 11.4. The van der Waals surface area contributed by atoms with Crippen molar-refractivity contribution in [1.82, 2.24) is 0 Å². The minimum atomic E-state index is 0.551. The van der Waals surface area contributed by atoms with Gasteiger partial charge in [0.1, 0.15) is 0 Å². The second-order valence-corrected chi connectivity index (χ2v) is 6.53. The molecule has 2 nitrogen and oxygen atoms in total. The molecule has 1 aliphatic rings. The highest BCUT2D eigenvalue weighted by atomic mass is 32.2. The summed E-state index contributed by atoms with van der Waals surface area (Å²) >= 11 is 1.98. The van der Waals surface area contributed by atoms with Crippen molar-refractivity contribution in [3.05, 3.63) is 23.8 Å². The van der Waals surface area contributed by atoms with Crippen LogP contribution in [0.4, 0.5) is 5.69 Å². The molecule has 0 saturated heterocycles. The van der Waals surface area contributed by atoms with Crippen LogP contribution in [0.3, 0.4) is 0 Å². The Morgan fingerprint density at radius 1 is 1.39 bits per heavy atom. The first-order valence-corrected chi connectivity index (χ1v) is 7.89. The van der Waals surface area contributed by atoms with E-state index in [4.69, 9.17) is 5.73 Å². The van der Waals surface area contributed by atoms with Gasteiger partial charge in [-0.15, -0.1) is 11.8 Å². The second-order valence-electron chi connectivity index (χ2n) is 5.40. The van der Waals surface area contributed by atoms with Gasteiger partial charge in [-0.25, -0.2) is 0 Å². The van der Waals surface area contributed by atoms with Gasteiger partial charge in [-0.3, -0.25) is 0 Å². The average molecular weight is 264 g/mol. The van der Waals surface area contributed by atoms with Crippen LogP contribution in [0.15, 0.2) is 23.1 Å². The molecule has 0 aliphatic carbocycles. The number of aryl methyl sites for hydroxylation is 1. The molecule has 100 valence electrons. The topological polar surface area (TPSA) is 38.0 Å². The average Bonchev–Trinajstić information content (AvgIpc) is 2.39. The van der Waals surface area contributed by atoms with Crippen LogP contribution in [0, 0.1) is 11.8 Å². The molecule has 1 atom stereocenters. The first-order valence-electron chi connectivity index (χ1n) is 6.90. The molecule has 0 amide bonds. The van der Waals surface area contributed by atoms with E-state index >= 15 is 0 Å². The van der Waals surface area contributed by atoms with Crippen LogP contribution in [0.1, 0.15) is 25.8 Å². The molecular formula is C15H24N2S. The Hall–Kier alpha value is -0.670. The highest BCUT2D eigenvalue weighted by Crippen LogP contribution is 2.31. The van der Waals surface area contributed by atoms with Gasteiger partial charge < -0.3 is 11.1 Å². The zero-order chi connectivity index (χ0) is 13.0. The van der Waals surface area contributed by atoms with E-state index in [2.05, 4.69) is 37.4 Å². The molecule has 0 spiro atoms. The molecular weight excluding hydrogens is 240 g/mol. The van der Waals surface area contributed by atoms with E-state index in [0.717, 1.165) is 13.1 Å². The van der Waals surface area contributed by atoms with Gasteiger partial charge in [-0.2, -0.15) is 0 Å². The summed E-state index contributed by atoms with van der Waals surface area (Å²) in [6.07, 6.45) is 2.53. The van der Waals surface area contributed by atoms with Crippen LogP contribution in [-0.2, 0) is 6.42 Å². The fourth-order valence-corrected chi connectivity index (χ4v) is 3.33. The van der Waals surface area contributed by atoms with E-state index in [1.54, 1.807) is 0 Å². The van der Waals surface area contributed by atoms with Gasteiger partial charge in [-0.1, -0.05) is 13.8 Å². The number of hydrogen-bond acceptors (Lipinski definition) is 3. The number of fused-ring (bicyclic) bond motifs is 1. The predicted octanol–water partition coefficient (Wildman–Crippen LogP) is 3.37. The zero-order valence-corrected chi connectivity index (χ0v) is 12.2. The highest BCUT2D eigenvalue weighted by molar-refractivity contribution is 7.99. The highest BCUT2D eigenvalue weighted by Gasteiger charge is 2.13. The van der Waals surface area contributed by atoms with Crippen LogP contribution >= 0.6 is 11.8 Å². The summed E-state index contributed by atoms with van der Waals surface area (Å²) in [6, 6.07) is 6.77. The molecule has 0 fully saturated rings. The van der Waals surface area contributed by atoms with Crippen molar-refractivity contribution in [2.45, 2.75) is 31.6 Å². The Bertz CT molecular complexity index is 390. The number of anilines is 1. The summed E-state index contributed by atoms with van der Waals surface area (Å²) in [6.45, 7) is 6.21. The van der Waals surface area contributed by atoms with E-state index in [0.29, 0.717) is 11.8 Å². The molecule has 1 aromatic rings. The van der Waals surface area contributed by atoms with E-state index in [-0.39, 0.29) is 0 Å². The third-order valence-electron chi connectivity index (χ3n) is 3.72. The number of benzene rings is 1. The van der Waals surface area contributed by atoms with Crippen molar-refractivity contribution in [3.8, 4) is 0 Å². The van der Waals surface area contributed by atoms with Crippen LogP contribution in [0.25, 0.3) is 0 Å². The molecule has 1 heterocycles. The summed E-state index contributed by atoms with van der Waals surface area (Å²) in [5.41, 5.74) is 8.56. The quantitative estimate of drug-likeness (QED) is 0.856. The lowest BCUT2D eigenvalue weighted by Gasteiger charge is -2.21. The van der Waals surface area contributed by atoms with Gasteiger partial charge >= 0.3 is 0 Å². The summed E-state index contributed by atoms with van der Waals surface area (Å²) < 4.78 is 0. The van der Waals surface area contributed by atoms with Gasteiger partial charge in [-0.05, 0) is 60.7 Å². The summed E-state index contributed by atoms with van der Waals surface area (Å²) in [7, 11) is 0. The molecule has 1 aliphatic heterocycles. The maximum Gasteiger partial charge on any atom is 0.0343 e. The SMILES string of the molecule is CC(C)C(CN)CNc1ccc2c(c1)CCCS2. The number of nitrogens with two attached hydrogens (primary N) is 1. The lowest BCUT2D eigenvalue weighted by atomic mass is 9.96. The minimum Gasteiger partial charge on any atom is -0.385 e. The van der Waals surface area contributed by atoms with Crippen molar-refractivity contribution >= 4 is 17.4 Å². The molecule has 18 heavy (non-hydrogen) atoms. The van der Waals surface area contributed by atoms with E-state index in [1.807, 2.05) is 11.8 Å². The molecule has 3 N–H and O–H groups in total. The number of thioether (sulfide) groups is 1. The first-order chi connectivity index (χ1) is 8.70. The number of rotatable bonds is 5. The van der Waals surface area contributed by atoms with Crippen molar-refractivity contribution in [3.63, 3.8) is 0 Å². The standard InChI is InChI=1S/C15H24N2S/c1-11(2)13(9-16)10-17-14-5-6-15-12(8-14)4-3-7-18-15/h5-6,8,11,13,17H,3-4,7,9-10,16H2,1-2H3. The van der Waals surface area contributed by atoms with Crippen molar-refractivity contribution in [2.24, 2.45) is 17.6 Å². The van der Waals surface area contributed by atoms with Crippen LogP contribution in [0.2, 0.25) is 0 Å². The Balaban J connectivity index is 1.97. The fourth-order valence-electron chi connectivity index (χ4n) is 2.31. The Kier molecular flexibility index (Phi) is 4.95. The van der Waals surface area contributed by atoms with Crippen molar-refractivity contribution in [1.29, 1.82) is 0 Å². The van der Waals surface area contributed by atoms with Crippen molar-refractivity contribution in [2.75, 3.05) is 24.2 Å². The maximum absolute atomic E-state index is 5.81. The number of hydrogen-bond donors (Lipinski definition) is 2. The lowest BCUT2D eigenvalue weighted by Crippen LogP contribution is -2.27. The summed E-state index contributed by atoms with van der Waals surface area (Å²) in [4.78, 5) is 1.46. The third kappa shape index (κ3) is 3.42. The molecule has 3 heteroatoms. The first kappa shape index (κ1) is 13.8. The number of nitrogens with one attached hydrogen (secondary N) is 1. The Labute approximate surface area is 115 Å². The smallest absolute Gasteiger partial charge is 0.0343 e. The molecule has 0 saturated carbocycles.